The van der Waals surface area contributed by atoms with Crippen molar-refractivity contribution in [3.63, 3.8) is 0 Å². The Morgan fingerprint density at radius 2 is 1.72 bits per heavy atom. The molecule has 0 atom stereocenters. The fraction of sp³-hybridized carbons (Fsp3) is 0.167. The smallest absolute Gasteiger partial charge is 0.277 e. The summed E-state index contributed by atoms with van der Waals surface area (Å²) in [5.41, 5.74) is 1.79. The molecule has 2 N–H and O–H groups in total. The molecule has 3 aromatic rings. The van der Waals surface area contributed by atoms with Crippen LogP contribution in [0.4, 0.5) is 11.4 Å². The molecule has 0 fully saturated rings. The molecule has 1 heterocycles. The predicted octanol–water partition coefficient (Wildman–Crippen LogP) is 3.99. The molecule has 0 aliphatic heterocycles. The van der Waals surface area contributed by atoms with Crippen LogP contribution in [0.5, 0.6) is 0 Å². The van der Waals surface area contributed by atoms with E-state index in [2.05, 4.69) is 36.2 Å². The Balaban J connectivity index is 1.56. The maximum absolute atomic E-state index is 12.0. The van der Waals surface area contributed by atoms with Crippen LogP contribution in [-0.4, -0.2) is 36.0 Å². The molecule has 0 saturated heterocycles. The maximum atomic E-state index is 12.0. The highest BCUT2D eigenvalue weighted by Gasteiger charge is 2.12. The van der Waals surface area contributed by atoms with Gasteiger partial charge in [0.2, 0.25) is 21.8 Å². The molecule has 0 bridgehead atoms. The Hall–Kier alpha value is -2.37. The minimum absolute atomic E-state index is 0.00556. The van der Waals surface area contributed by atoms with Gasteiger partial charge in [0.05, 0.1) is 11.5 Å². The van der Waals surface area contributed by atoms with Gasteiger partial charge in [0.25, 0.3) is 5.22 Å². The standard InChI is InChI=1S/C18H17BrN4O4S2/c1-2-29(25,26)23-15-7-3-12(4-8-15)17-21-22-18(27-17)28-11-16(24)20-14-9-5-13(19)6-10-14/h3-10,23H,2,11H2,1H3,(H,20,24). The molecule has 0 radical (unpaired) electrons. The second-order valence-corrected chi connectivity index (χ2v) is 9.65. The first-order chi connectivity index (χ1) is 13.8. The second kappa shape index (κ2) is 9.42. The van der Waals surface area contributed by atoms with Crippen LogP contribution in [0.2, 0.25) is 0 Å². The van der Waals surface area contributed by atoms with Gasteiger partial charge in [-0.2, -0.15) is 0 Å². The fourth-order valence-corrected chi connectivity index (χ4v) is 3.64. The number of hydrogen-bond donors (Lipinski definition) is 2. The number of amides is 1. The van der Waals surface area contributed by atoms with Crippen LogP contribution < -0.4 is 10.0 Å². The Morgan fingerprint density at radius 3 is 2.38 bits per heavy atom. The zero-order chi connectivity index (χ0) is 20.9. The van der Waals surface area contributed by atoms with Crippen LogP contribution in [0.15, 0.2) is 62.6 Å². The summed E-state index contributed by atoms with van der Waals surface area (Å²) in [5, 5.41) is 10.9. The van der Waals surface area contributed by atoms with Crippen molar-refractivity contribution in [1.29, 1.82) is 0 Å². The Morgan fingerprint density at radius 1 is 1.07 bits per heavy atom. The lowest BCUT2D eigenvalue weighted by molar-refractivity contribution is -0.113. The molecule has 0 unspecified atom stereocenters. The number of carbonyl (C=O) groups is 1. The van der Waals surface area contributed by atoms with Crippen molar-refractivity contribution in [3.05, 3.63) is 53.0 Å². The largest absolute Gasteiger partial charge is 0.411 e. The molecule has 0 spiro atoms. The first-order valence-corrected chi connectivity index (χ1v) is 11.9. The van der Waals surface area contributed by atoms with Crippen molar-refractivity contribution < 1.29 is 17.6 Å². The van der Waals surface area contributed by atoms with E-state index >= 15 is 0 Å². The van der Waals surface area contributed by atoms with Crippen molar-refractivity contribution in [2.24, 2.45) is 0 Å². The van der Waals surface area contributed by atoms with Crippen LogP contribution in [0, 0.1) is 0 Å². The SMILES string of the molecule is CCS(=O)(=O)Nc1ccc(-c2nnc(SCC(=O)Nc3ccc(Br)cc3)o2)cc1. The van der Waals surface area contributed by atoms with Crippen molar-refractivity contribution in [2.45, 2.75) is 12.1 Å². The van der Waals surface area contributed by atoms with Gasteiger partial charge in [-0.1, -0.05) is 27.7 Å². The molecule has 0 saturated carbocycles. The van der Waals surface area contributed by atoms with E-state index < -0.39 is 10.0 Å². The van der Waals surface area contributed by atoms with Crippen molar-refractivity contribution >= 4 is 55.0 Å². The summed E-state index contributed by atoms with van der Waals surface area (Å²) in [4.78, 5) is 12.0. The maximum Gasteiger partial charge on any atom is 0.277 e. The third-order valence-corrected chi connectivity index (χ3v) is 6.30. The first kappa shape index (κ1) is 21.3. The van der Waals surface area contributed by atoms with Gasteiger partial charge in [-0.3, -0.25) is 9.52 Å². The Bertz CT molecular complexity index is 1080. The Kier molecular flexibility index (Phi) is 6.93. The number of sulfonamides is 1. The van der Waals surface area contributed by atoms with Gasteiger partial charge >= 0.3 is 0 Å². The minimum Gasteiger partial charge on any atom is -0.411 e. The lowest BCUT2D eigenvalue weighted by Crippen LogP contribution is -2.14. The molecule has 8 nitrogen and oxygen atoms in total. The second-order valence-electron chi connectivity index (χ2n) is 5.80. The number of nitrogens with one attached hydrogen (secondary N) is 2. The van der Waals surface area contributed by atoms with E-state index in [0.29, 0.717) is 16.9 Å². The lowest BCUT2D eigenvalue weighted by atomic mass is 10.2. The van der Waals surface area contributed by atoms with Crippen molar-refractivity contribution in [2.75, 3.05) is 21.5 Å². The van der Waals surface area contributed by atoms with Crippen LogP contribution in [-0.2, 0) is 14.8 Å². The summed E-state index contributed by atoms with van der Waals surface area (Å²) in [7, 11) is -3.33. The number of nitrogens with zero attached hydrogens (tertiary/aromatic N) is 2. The number of thioether (sulfide) groups is 1. The normalized spacial score (nSPS) is 11.2. The van der Waals surface area contributed by atoms with Crippen LogP contribution in [0.3, 0.4) is 0 Å². The van der Waals surface area contributed by atoms with Gasteiger partial charge in [0, 0.05) is 21.4 Å². The van der Waals surface area contributed by atoms with E-state index in [1.807, 2.05) is 12.1 Å². The number of hydrogen-bond acceptors (Lipinski definition) is 7. The topological polar surface area (TPSA) is 114 Å². The zero-order valence-corrected chi connectivity index (χ0v) is 18.5. The van der Waals surface area contributed by atoms with Gasteiger partial charge in [-0.15, -0.1) is 10.2 Å². The van der Waals surface area contributed by atoms with Crippen molar-refractivity contribution in [3.8, 4) is 11.5 Å². The molecule has 0 aliphatic rings. The lowest BCUT2D eigenvalue weighted by Gasteiger charge is -2.05. The highest BCUT2D eigenvalue weighted by molar-refractivity contribution is 9.10. The summed E-state index contributed by atoms with van der Waals surface area (Å²) >= 11 is 4.47. The first-order valence-electron chi connectivity index (χ1n) is 8.47. The van der Waals surface area contributed by atoms with Crippen molar-refractivity contribution in [1.82, 2.24) is 10.2 Å². The highest BCUT2D eigenvalue weighted by atomic mass is 79.9. The quantitative estimate of drug-likeness (QED) is 0.453. The van der Waals surface area contributed by atoms with Gasteiger partial charge in [0.15, 0.2) is 0 Å². The molecule has 1 amide bonds. The third-order valence-electron chi connectivity index (χ3n) is 3.65. The molecule has 2 aromatic carbocycles. The highest BCUT2D eigenvalue weighted by Crippen LogP contribution is 2.25. The summed E-state index contributed by atoms with van der Waals surface area (Å²) in [5.74, 6) is 0.208. The van der Waals surface area contributed by atoms with Gasteiger partial charge in [-0.25, -0.2) is 8.42 Å². The number of anilines is 2. The van der Waals surface area contributed by atoms with Gasteiger partial charge in [0.1, 0.15) is 0 Å². The fourth-order valence-electron chi connectivity index (χ4n) is 2.17. The summed E-state index contributed by atoms with van der Waals surface area (Å²) < 4.78 is 32.1. The number of benzene rings is 2. The molecule has 0 aliphatic carbocycles. The molecule has 29 heavy (non-hydrogen) atoms. The monoisotopic (exact) mass is 496 g/mol. The van der Waals surface area contributed by atoms with E-state index in [4.69, 9.17) is 4.42 Å². The van der Waals surface area contributed by atoms with E-state index in [9.17, 15) is 13.2 Å². The minimum atomic E-state index is -3.33. The van der Waals surface area contributed by atoms with E-state index in [1.54, 1.807) is 43.3 Å². The zero-order valence-electron chi connectivity index (χ0n) is 15.3. The van der Waals surface area contributed by atoms with Crippen LogP contribution >= 0.6 is 27.7 Å². The van der Waals surface area contributed by atoms with E-state index in [0.717, 1.165) is 16.2 Å². The average molecular weight is 497 g/mol. The molecule has 1 aromatic heterocycles. The number of rotatable bonds is 8. The van der Waals surface area contributed by atoms with Crippen LogP contribution in [0.1, 0.15) is 6.92 Å². The third kappa shape index (κ3) is 6.31. The number of aromatic nitrogens is 2. The number of carbonyl (C=O) groups excluding carboxylic acids is 1. The average Bonchev–Trinajstić information content (AvgIpc) is 3.18. The summed E-state index contributed by atoms with van der Waals surface area (Å²) in [6.45, 7) is 1.56. The number of halogens is 1. The molecule has 3 rings (SSSR count). The van der Waals surface area contributed by atoms with Gasteiger partial charge in [-0.05, 0) is 55.5 Å². The summed E-state index contributed by atoms with van der Waals surface area (Å²) in [6.07, 6.45) is 0. The molecule has 152 valence electrons. The van der Waals surface area contributed by atoms with E-state index in [1.165, 1.54) is 0 Å². The van der Waals surface area contributed by atoms with E-state index in [-0.39, 0.29) is 28.5 Å². The van der Waals surface area contributed by atoms with Gasteiger partial charge < -0.3 is 9.73 Å². The summed E-state index contributed by atoms with van der Waals surface area (Å²) in [6, 6.07) is 13.8. The predicted molar refractivity (Wildman–Crippen MR) is 116 cm³/mol. The molecular weight excluding hydrogens is 480 g/mol. The Labute approximate surface area is 180 Å². The molecular formula is C18H17BrN4O4S2. The molecule has 11 heteroatoms. The van der Waals surface area contributed by atoms with Crippen LogP contribution in [0.25, 0.3) is 11.5 Å².